The van der Waals surface area contributed by atoms with E-state index < -0.39 is 33.0 Å². The molecule has 0 spiro atoms. The lowest BCUT2D eigenvalue weighted by molar-refractivity contribution is 0.242. The largest absolute Gasteiger partial charge is 0.395 e. The van der Waals surface area contributed by atoms with Crippen LogP contribution in [0.3, 0.4) is 0 Å². The van der Waals surface area contributed by atoms with Crippen LogP contribution in [-0.4, -0.2) is 25.4 Å². The van der Waals surface area contributed by atoms with Crippen LogP contribution in [0.5, 0.6) is 0 Å². The quantitative estimate of drug-likeness (QED) is 0.907. The molecule has 0 bridgehead atoms. The van der Waals surface area contributed by atoms with Gasteiger partial charge in [-0.3, -0.25) is 0 Å². The van der Waals surface area contributed by atoms with E-state index in [0.717, 1.165) is 5.56 Å². The second-order valence-corrected chi connectivity index (χ2v) is 8.63. The van der Waals surface area contributed by atoms with Crippen molar-refractivity contribution in [3.05, 3.63) is 64.7 Å². The Morgan fingerprint density at radius 3 is 2.46 bits per heavy atom. The first-order valence-electron chi connectivity index (χ1n) is 7.45. The normalized spacial score (nSPS) is 25.9. The molecule has 0 amide bonds. The lowest BCUT2D eigenvalue weighted by atomic mass is 10.0. The van der Waals surface area contributed by atoms with E-state index in [2.05, 4.69) is 0 Å². The molecule has 1 saturated carbocycles. The zero-order valence-corrected chi connectivity index (χ0v) is 14.6. The summed E-state index contributed by atoms with van der Waals surface area (Å²) in [5, 5.41) is 18.8. The molecular formula is C18H16ClNO3S. The van der Waals surface area contributed by atoms with Gasteiger partial charge in [0.2, 0.25) is 0 Å². The van der Waals surface area contributed by atoms with Crippen molar-refractivity contribution in [2.24, 2.45) is 5.41 Å². The molecule has 124 valence electrons. The molecule has 1 N–H and O–H groups in total. The van der Waals surface area contributed by atoms with Crippen LogP contribution in [0.25, 0.3) is 0 Å². The van der Waals surface area contributed by atoms with Crippen LogP contribution >= 0.6 is 11.6 Å². The molecule has 1 aliphatic carbocycles. The third-order valence-electron chi connectivity index (χ3n) is 4.62. The summed E-state index contributed by atoms with van der Waals surface area (Å²) >= 11 is 6.00. The number of aliphatic hydroxyl groups is 1. The maximum Gasteiger partial charge on any atom is 0.183 e. The Balaban J connectivity index is 2.08. The number of hydrogen-bond acceptors (Lipinski definition) is 4. The number of nitriles is 1. The third kappa shape index (κ3) is 2.51. The molecule has 6 heteroatoms. The molecule has 3 rings (SSSR count). The average Bonchev–Trinajstić information content (AvgIpc) is 3.26. The Bertz CT molecular complexity index is 918. The molecule has 1 fully saturated rings. The van der Waals surface area contributed by atoms with Gasteiger partial charge in [0.05, 0.1) is 22.8 Å². The van der Waals surface area contributed by atoms with Crippen LogP contribution in [0, 0.1) is 23.7 Å². The number of aryl methyl sites for hydroxylation is 1. The van der Waals surface area contributed by atoms with Crippen molar-refractivity contribution >= 4 is 21.4 Å². The smallest absolute Gasteiger partial charge is 0.183 e. The first-order chi connectivity index (χ1) is 11.4. The molecule has 0 heterocycles. The van der Waals surface area contributed by atoms with E-state index in [-0.39, 0.29) is 4.90 Å². The molecular weight excluding hydrogens is 346 g/mol. The van der Waals surface area contributed by atoms with Gasteiger partial charge in [-0.2, -0.15) is 5.26 Å². The molecule has 0 aromatic heterocycles. The maximum atomic E-state index is 13.0. The van der Waals surface area contributed by atoms with E-state index in [1.165, 1.54) is 12.1 Å². The Hall–Kier alpha value is -1.87. The van der Waals surface area contributed by atoms with Gasteiger partial charge >= 0.3 is 0 Å². The molecule has 2 aromatic rings. The summed E-state index contributed by atoms with van der Waals surface area (Å²) in [6.45, 7) is 1.35. The standard InChI is InChI=1S/C18H16ClNO3S/c1-12-5-7-15(8-6-12)24(22,23)17-16(18(17,10-20)11-21)13-3-2-4-14(19)9-13/h2-9,16-17,21H,11H2,1H3/t16-,17+,18-/m0/s1. The summed E-state index contributed by atoms with van der Waals surface area (Å²) in [6, 6.07) is 15.3. The summed E-state index contributed by atoms with van der Waals surface area (Å²) in [6.07, 6.45) is 0. The Morgan fingerprint density at radius 2 is 1.92 bits per heavy atom. The van der Waals surface area contributed by atoms with Gasteiger partial charge in [0.1, 0.15) is 5.41 Å². The second-order valence-electron chi connectivity index (χ2n) is 6.12. The van der Waals surface area contributed by atoms with Gasteiger partial charge in [-0.1, -0.05) is 41.4 Å². The highest BCUT2D eigenvalue weighted by molar-refractivity contribution is 7.92. The summed E-state index contributed by atoms with van der Waals surface area (Å²) in [4.78, 5) is 0.163. The number of nitrogens with zero attached hydrogens (tertiary/aromatic N) is 1. The van der Waals surface area contributed by atoms with Crippen molar-refractivity contribution in [2.45, 2.75) is 23.0 Å². The van der Waals surface area contributed by atoms with Crippen molar-refractivity contribution < 1.29 is 13.5 Å². The zero-order valence-electron chi connectivity index (χ0n) is 13.0. The van der Waals surface area contributed by atoms with Gasteiger partial charge in [-0.15, -0.1) is 0 Å². The molecule has 2 aromatic carbocycles. The third-order valence-corrected chi connectivity index (χ3v) is 7.14. The number of rotatable bonds is 4. The molecule has 0 unspecified atom stereocenters. The first-order valence-corrected chi connectivity index (χ1v) is 9.37. The zero-order chi connectivity index (χ0) is 17.5. The summed E-state index contributed by atoms with van der Waals surface area (Å²) in [7, 11) is -3.75. The summed E-state index contributed by atoms with van der Waals surface area (Å²) in [5.74, 6) is -0.600. The maximum absolute atomic E-state index is 13.0. The van der Waals surface area contributed by atoms with Crippen LogP contribution in [0.4, 0.5) is 0 Å². The van der Waals surface area contributed by atoms with Crippen molar-refractivity contribution in [1.29, 1.82) is 5.26 Å². The van der Waals surface area contributed by atoms with E-state index >= 15 is 0 Å². The number of aliphatic hydroxyl groups excluding tert-OH is 1. The molecule has 0 aliphatic heterocycles. The molecule has 1 aliphatic rings. The predicted molar refractivity (Wildman–Crippen MR) is 91.5 cm³/mol. The molecule has 3 atom stereocenters. The minimum atomic E-state index is -3.75. The van der Waals surface area contributed by atoms with E-state index in [9.17, 15) is 18.8 Å². The van der Waals surface area contributed by atoms with Gasteiger partial charge in [-0.25, -0.2) is 8.42 Å². The van der Waals surface area contributed by atoms with E-state index in [0.29, 0.717) is 10.6 Å². The Morgan fingerprint density at radius 1 is 1.25 bits per heavy atom. The van der Waals surface area contributed by atoms with Crippen LogP contribution in [-0.2, 0) is 9.84 Å². The summed E-state index contributed by atoms with van der Waals surface area (Å²) in [5.41, 5.74) is 0.262. The van der Waals surface area contributed by atoms with Gasteiger partial charge in [0.15, 0.2) is 9.84 Å². The van der Waals surface area contributed by atoms with Gasteiger partial charge in [-0.05, 0) is 36.8 Å². The van der Waals surface area contributed by atoms with Crippen molar-refractivity contribution in [1.82, 2.24) is 0 Å². The van der Waals surface area contributed by atoms with Crippen LogP contribution in [0.1, 0.15) is 17.0 Å². The monoisotopic (exact) mass is 361 g/mol. The van der Waals surface area contributed by atoms with E-state index in [1.54, 1.807) is 36.4 Å². The minimum Gasteiger partial charge on any atom is -0.395 e. The highest BCUT2D eigenvalue weighted by Gasteiger charge is 2.72. The second kappa shape index (κ2) is 5.89. The predicted octanol–water partition coefficient (Wildman–Crippen LogP) is 3.09. The SMILES string of the molecule is Cc1ccc(S(=O)(=O)[C@@H]2[C@H](c3cccc(Cl)c3)[C@]2(C#N)CO)cc1. The van der Waals surface area contributed by atoms with E-state index in [1.807, 2.05) is 13.0 Å². The molecule has 4 nitrogen and oxygen atoms in total. The number of benzene rings is 2. The van der Waals surface area contributed by atoms with Crippen LogP contribution in [0.2, 0.25) is 5.02 Å². The Kier molecular flexibility index (Phi) is 4.16. The molecule has 24 heavy (non-hydrogen) atoms. The lowest BCUT2D eigenvalue weighted by Gasteiger charge is -2.06. The van der Waals surface area contributed by atoms with Gasteiger partial charge in [0, 0.05) is 10.9 Å². The van der Waals surface area contributed by atoms with Crippen LogP contribution < -0.4 is 0 Å². The van der Waals surface area contributed by atoms with E-state index in [4.69, 9.17) is 11.6 Å². The van der Waals surface area contributed by atoms with Gasteiger partial charge in [0.25, 0.3) is 0 Å². The number of halogens is 1. The van der Waals surface area contributed by atoms with Crippen LogP contribution in [0.15, 0.2) is 53.4 Å². The van der Waals surface area contributed by atoms with Crippen molar-refractivity contribution in [3.63, 3.8) is 0 Å². The van der Waals surface area contributed by atoms with Crippen molar-refractivity contribution in [2.75, 3.05) is 6.61 Å². The minimum absolute atomic E-state index is 0.163. The molecule has 0 saturated heterocycles. The highest BCUT2D eigenvalue weighted by atomic mass is 35.5. The molecule has 0 radical (unpaired) electrons. The highest BCUT2D eigenvalue weighted by Crippen LogP contribution is 2.63. The first kappa shape index (κ1) is 17.0. The Labute approximate surface area is 146 Å². The van der Waals surface area contributed by atoms with Crippen molar-refractivity contribution in [3.8, 4) is 6.07 Å². The number of hydrogen-bond donors (Lipinski definition) is 1. The lowest BCUT2D eigenvalue weighted by Crippen LogP contribution is -2.18. The number of sulfone groups is 1. The fourth-order valence-electron chi connectivity index (χ4n) is 3.26. The summed E-state index contributed by atoms with van der Waals surface area (Å²) < 4.78 is 26.0. The topological polar surface area (TPSA) is 78.2 Å². The van der Waals surface area contributed by atoms with Gasteiger partial charge < -0.3 is 5.11 Å². The fraction of sp³-hybridized carbons (Fsp3) is 0.278. The fourth-order valence-corrected chi connectivity index (χ4v) is 5.78. The average molecular weight is 362 g/mol.